The number of aliphatic imine (C=N–C) groups is 3. The molecule has 12 heterocycles. The van der Waals surface area contributed by atoms with Gasteiger partial charge in [-0.15, -0.1) is 0 Å². The fraction of sp³-hybridized carbons (Fsp3) is 0.220. The molecular weight excluding hydrogens is 1250 g/mol. The summed E-state index contributed by atoms with van der Waals surface area (Å²) in [6.45, 7) is 3.07. The van der Waals surface area contributed by atoms with E-state index in [1.165, 1.54) is 26.1 Å². The van der Waals surface area contributed by atoms with E-state index in [1.54, 1.807) is 43.8 Å². The number of carboxylic acids is 2. The molecule has 9 aromatic rings. The topological polar surface area (TPSA) is 373 Å². The van der Waals surface area contributed by atoms with Crippen molar-refractivity contribution < 1.29 is 34.1 Å². The number of nitrogens with one attached hydrogen (secondary N) is 7. The van der Waals surface area contributed by atoms with E-state index in [4.69, 9.17) is 9.47 Å². The number of methoxy groups -OCH3 is 2. The molecule has 0 spiro atoms. The molecule has 28 nitrogen and oxygen atoms in total. The molecule has 0 saturated carbocycles. The maximum atomic E-state index is 13.0. The first-order chi connectivity index (χ1) is 39.0. The van der Waals surface area contributed by atoms with Crippen LogP contribution in [-0.2, 0) is 19.6 Å². The minimum Gasteiger partial charge on any atom is -0.480 e. The minimum atomic E-state index is -1.13. The summed E-state index contributed by atoms with van der Waals surface area (Å²) < 4.78 is 12.1. The first-order valence-corrected chi connectivity index (χ1v) is 26.5. The van der Waals surface area contributed by atoms with Gasteiger partial charge in [0, 0.05) is 54.6 Å². The third kappa shape index (κ3) is 11.3. The summed E-state index contributed by atoms with van der Waals surface area (Å²) in [4.78, 5) is 110. The van der Waals surface area contributed by atoms with Crippen molar-refractivity contribution in [2.75, 3.05) is 64.4 Å². The van der Waals surface area contributed by atoms with Crippen molar-refractivity contribution in [3.05, 3.63) is 112 Å². The molecule has 0 bridgehead atoms. The molecule has 0 atom stereocenters. The maximum absolute atomic E-state index is 13.0. The quantitative estimate of drug-likeness (QED) is 0.0494. The van der Waals surface area contributed by atoms with Crippen LogP contribution in [0.25, 0.3) is 33.1 Å². The maximum Gasteiger partial charge on any atom is 0.353 e. The Balaban J connectivity index is 0.000000138. The molecule has 0 aliphatic carbocycles. The molecular formula is C50H45Br3N20O8. The highest BCUT2D eigenvalue weighted by Crippen LogP contribution is 2.38. The predicted octanol–water partition coefficient (Wildman–Crippen LogP) is 7.11. The fourth-order valence-electron chi connectivity index (χ4n) is 8.67. The van der Waals surface area contributed by atoms with Gasteiger partial charge >= 0.3 is 11.9 Å². The SMILES string of the molecule is COc1nc2c(cc1Nc1ncnc3[nH]c(C(=O)N(C)CCCN(C)C)c(Br)c13)C=NC2.COc1nc2c(cc1Nc1ncnc3[nH]c(C(=O)O)c(Br)c13)C=NC2.O=C(O)c1[nH]c2ncnc(Nc3cc4c([nH]c3=O)CN=C4)c2c1Br. The van der Waals surface area contributed by atoms with Gasteiger partial charge in [0.05, 0.1) is 74.8 Å². The smallest absolute Gasteiger partial charge is 0.353 e. The average Bonchev–Trinajstić information content (AvgIpc) is 4.52. The summed E-state index contributed by atoms with van der Waals surface area (Å²) in [7, 11) is 8.92. The van der Waals surface area contributed by atoms with E-state index in [0.717, 1.165) is 46.7 Å². The number of fused-ring (bicyclic) bond motifs is 6. The van der Waals surface area contributed by atoms with Crippen LogP contribution in [-0.4, -0.2) is 165 Å². The molecule has 0 radical (unpaired) electrons. The monoisotopic (exact) mass is 1290 g/mol. The van der Waals surface area contributed by atoms with Gasteiger partial charge in [-0.1, -0.05) is 0 Å². The van der Waals surface area contributed by atoms with Crippen LogP contribution < -0.4 is 31.0 Å². The number of carbonyl (C=O) groups is 3. The molecule has 0 unspecified atom stereocenters. The highest BCUT2D eigenvalue weighted by atomic mass is 79.9. The number of aromatic nitrogens is 12. The van der Waals surface area contributed by atoms with Crippen LogP contribution in [0, 0.1) is 0 Å². The lowest BCUT2D eigenvalue weighted by atomic mass is 10.2. The van der Waals surface area contributed by atoms with Gasteiger partial charge in [-0.05, 0) is 93.0 Å². The number of pyridine rings is 3. The van der Waals surface area contributed by atoms with E-state index >= 15 is 0 Å². The van der Waals surface area contributed by atoms with Gasteiger partial charge in [-0.3, -0.25) is 24.6 Å². The Kier molecular flexibility index (Phi) is 15.9. The Hall–Kier alpha value is -9.07. The summed E-state index contributed by atoms with van der Waals surface area (Å²) in [6, 6.07) is 5.47. The van der Waals surface area contributed by atoms with Crippen molar-refractivity contribution in [3.63, 3.8) is 0 Å². The van der Waals surface area contributed by atoms with Gasteiger partial charge in [0.2, 0.25) is 11.8 Å². The number of aromatic amines is 4. The lowest BCUT2D eigenvalue weighted by Gasteiger charge is -2.18. The number of carbonyl (C=O) groups excluding carboxylic acids is 1. The second-order valence-electron chi connectivity index (χ2n) is 18.2. The number of amides is 1. The third-order valence-electron chi connectivity index (χ3n) is 12.6. The van der Waals surface area contributed by atoms with E-state index in [2.05, 4.69) is 143 Å². The zero-order chi connectivity index (χ0) is 57.2. The number of aromatic carboxylic acids is 2. The molecule has 31 heteroatoms. The molecule has 0 saturated heterocycles. The number of ether oxygens (including phenoxy) is 2. The van der Waals surface area contributed by atoms with Crippen LogP contribution in [0.1, 0.15) is 71.7 Å². The average molecular weight is 1290 g/mol. The van der Waals surface area contributed by atoms with Crippen molar-refractivity contribution in [1.82, 2.24) is 69.6 Å². The van der Waals surface area contributed by atoms with Crippen molar-refractivity contribution in [2.24, 2.45) is 15.0 Å². The molecule has 0 aromatic carbocycles. The molecule has 9 N–H and O–H groups in total. The molecule has 3 aliphatic heterocycles. The third-order valence-corrected chi connectivity index (χ3v) is 15.0. The van der Waals surface area contributed by atoms with Crippen molar-refractivity contribution in [2.45, 2.75) is 26.1 Å². The summed E-state index contributed by atoms with van der Waals surface area (Å²) >= 11 is 10.1. The summed E-state index contributed by atoms with van der Waals surface area (Å²) in [6.07, 6.45) is 10.2. The predicted molar refractivity (Wildman–Crippen MR) is 311 cm³/mol. The van der Waals surface area contributed by atoms with Crippen LogP contribution in [0.2, 0.25) is 0 Å². The van der Waals surface area contributed by atoms with E-state index in [0.29, 0.717) is 119 Å². The Morgan fingerprint density at radius 1 is 0.580 bits per heavy atom. The molecule has 9 aromatic heterocycles. The number of hydrogen-bond donors (Lipinski definition) is 9. The Bertz CT molecular complexity index is 4150. The van der Waals surface area contributed by atoms with Crippen LogP contribution in [0.3, 0.4) is 0 Å². The lowest BCUT2D eigenvalue weighted by Crippen LogP contribution is -2.30. The van der Waals surface area contributed by atoms with Crippen LogP contribution >= 0.6 is 47.8 Å². The van der Waals surface area contributed by atoms with E-state index < -0.39 is 11.9 Å². The van der Waals surface area contributed by atoms with Crippen LogP contribution in [0.15, 0.2) is 70.4 Å². The molecule has 3 aliphatic rings. The Morgan fingerprint density at radius 2 is 1.00 bits per heavy atom. The zero-order valence-corrected chi connectivity index (χ0v) is 48.0. The van der Waals surface area contributed by atoms with Gasteiger partial charge in [0.1, 0.15) is 87.5 Å². The van der Waals surface area contributed by atoms with E-state index in [9.17, 15) is 29.4 Å². The van der Waals surface area contributed by atoms with Crippen LogP contribution in [0.5, 0.6) is 11.8 Å². The molecule has 0 fully saturated rings. The molecule has 81 heavy (non-hydrogen) atoms. The summed E-state index contributed by atoms with van der Waals surface area (Å²) in [5.41, 5.74) is 8.03. The molecule has 1 amide bonds. The number of rotatable bonds is 15. The fourth-order valence-corrected chi connectivity index (χ4v) is 10.6. The normalized spacial score (nSPS) is 12.5. The minimum absolute atomic E-state index is 0.00438. The van der Waals surface area contributed by atoms with Gasteiger partial charge in [0.25, 0.3) is 11.5 Å². The number of H-pyrrole nitrogens is 4. The zero-order valence-electron chi connectivity index (χ0n) is 43.2. The van der Waals surface area contributed by atoms with Crippen molar-refractivity contribution >= 4 is 152 Å². The highest BCUT2D eigenvalue weighted by Gasteiger charge is 2.26. The Morgan fingerprint density at radius 3 is 1.46 bits per heavy atom. The number of carboxylic acid groups (broad SMARTS) is 2. The first kappa shape index (κ1) is 55.3. The van der Waals surface area contributed by atoms with Crippen molar-refractivity contribution in [1.29, 1.82) is 0 Å². The van der Waals surface area contributed by atoms with Crippen LogP contribution in [0.4, 0.5) is 34.5 Å². The van der Waals surface area contributed by atoms with Gasteiger partial charge in [-0.2, -0.15) is 0 Å². The van der Waals surface area contributed by atoms with Crippen molar-refractivity contribution in [3.8, 4) is 11.8 Å². The van der Waals surface area contributed by atoms with Gasteiger partial charge in [0.15, 0.2) is 0 Å². The second kappa shape index (κ2) is 23.3. The largest absolute Gasteiger partial charge is 0.480 e. The molecule has 414 valence electrons. The number of halogens is 3. The second-order valence-corrected chi connectivity index (χ2v) is 20.5. The number of hydrogen-bond acceptors (Lipinski definition) is 21. The summed E-state index contributed by atoms with van der Waals surface area (Å²) in [5, 5.41) is 29.5. The lowest BCUT2D eigenvalue weighted by molar-refractivity contribution is 0.0680. The summed E-state index contributed by atoms with van der Waals surface area (Å²) in [5.74, 6) is -0.214. The number of nitrogens with zero attached hydrogens (tertiary/aromatic N) is 13. The van der Waals surface area contributed by atoms with Gasteiger partial charge in [-0.25, -0.2) is 49.5 Å². The highest BCUT2D eigenvalue weighted by molar-refractivity contribution is 9.11. The first-order valence-electron chi connectivity index (χ1n) is 24.2. The standard InChI is InChI=1S/C21H25BrN8O2.C15H11BrN6O3.C14H9BrN6O3/c1-29(2)6-5-7-30(3)21(31)17-16(22)15-18(24-11-25-19(15)28-17)26-13-8-12-9-23-10-14(12)27-20(13)32-4;1-25-14-7(2-6-3-17-4-8(6)21-14)20-12-9-10(16)11(15(23)24)22-13(9)19-5-18-12;15-9-8-11(17-4-18-12(8)21-10(9)14(23)24)19-6-1-5-2-16-3-7(5)20-13(6)22/h8-9,11H,5-7,10H2,1-4H3,(H2,24,25,26,28);2-3,5H,4H2,1H3,(H,23,24)(H2,18,19,20,22);1-2,4H,3H2,(H,20,22)(H,23,24)(H2,17,18,19,21). The molecule has 12 rings (SSSR count). The van der Waals surface area contributed by atoms with E-state index in [-0.39, 0.29) is 28.5 Å². The van der Waals surface area contributed by atoms with Gasteiger partial charge < -0.3 is 65.4 Å². The Labute approximate surface area is 481 Å². The van der Waals surface area contributed by atoms with E-state index in [1.807, 2.05) is 26.2 Å². The number of anilines is 6.